The number of aryl methyl sites for hydroxylation is 1. The molecule has 0 aliphatic carbocycles. The fraction of sp³-hybridized carbons (Fsp3) is 0.600. The largest absolute Gasteiger partial charge is 0.380 e. The number of rotatable bonds is 6. The Kier molecular flexibility index (Phi) is 5.37. The summed E-state index contributed by atoms with van der Waals surface area (Å²) >= 11 is 0. The number of nitrogens with zero attached hydrogens (tertiary/aromatic N) is 1. The summed E-state index contributed by atoms with van der Waals surface area (Å²) < 4.78 is 32.2. The maximum atomic E-state index is 12.7. The predicted octanol–water partition coefficient (Wildman–Crippen LogP) is 1.38. The summed E-state index contributed by atoms with van der Waals surface area (Å²) in [7, 11) is 0.0702. The molecule has 1 N–H and O–H groups in total. The zero-order chi connectivity index (χ0) is 15.5. The van der Waals surface area contributed by atoms with Crippen molar-refractivity contribution in [1.82, 2.24) is 9.62 Å². The van der Waals surface area contributed by atoms with Crippen LogP contribution in [0.5, 0.6) is 0 Å². The number of ether oxygens (including phenoxy) is 1. The molecule has 1 atom stereocenters. The van der Waals surface area contributed by atoms with Crippen LogP contribution < -0.4 is 5.32 Å². The summed E-state index contributed by atoms with van der Waals surface area (Å²) in [6.45, 7) is 3.72. The van der Waals surface area contributed by atoms with Crippen molar-refractivity contribution in [3.8, 4) is 0 Å². The molecule has 0 aromatic heterocycles. The van der Waals surface area contributed by atoms with E-state index in [1.807, 2.05) is 13.1 Å². The van der Waals surface area contributed by atoms with Gasteiger partial charge in [-0.2, -0.15) is 4.31 Å². The molecule has 1 saturated heterocycles. The highest BCUT2D eigenvalue weighted by Gasteiger charge is 2.32. The van der Waals surface area contributed by atoms with Gasteiger partial charge in [0.1, 0.15) is 0 Å². The first kappa shape index (κ1) is 16.4. The summed E-state index contributed by atoms with van der Waals surface area (Å²) in [5.74, 6) is 0. The van der Waals surface area contributed by atoms with E-state index in [0.29, 0.717) is 24.5 Å². The molecule has 2 rings (SSSR count). The van der Waals surface area contributed by atoms with Crippen LogP contribution in [0.4, 0.5) is 0 Å². The van der Waals surface area contributed by atoms with Crippen molar-refractivity contribution in [2.75, 3.05) is 27.2 Å². The van der Waals surface area contributed by atoms with Crippen LogP contribution in [0, 0.1) is 0 Å². The molecule has 6 heteroatoms. The SMILES string of the molecule is CCc1ccc(S(=O)(=O)N2CCC(OC)C2)cc1CNC. The van der Waals surface area contributed by atoms with Crippen LogP contribution in [0.2, 0.25) is 0 Å². The summed E-state index contributed by atoms with van der Waals surface area (Å²) in [5, 5.41) is 3.09. The summed E-state index contributed by atoms with van der Waals surface area (Å²) in [4.78, 5) is 0.377. The van der Waals surface area contributed by atoms with E-state index in [1.54, 1.807) is 19.2 Å². The lowest BCUT2D eigenvalue weighted by molar-refractivity contribution is 0.115. The quantitative estimate of drug-likeness (QED) is 0.862. The summed E-state index contributed by atoms with van der Waals surface area (Å²) in [6.07, 6.45) is 1.66. The van der Waals surface area contributed by atoms with Crippen LogP contribution in [0.15, 0.2) is 23.1 Å². The van der Waals surface area contributed by atoms with Gasteiger partial charge in [-0.1, -0.05) is 13.0 Å². The van der Waals surface area contributed by atoms with Crippen LogP contribution in [0.1, 0.15) is 24.5 Å². The van der Waals surface area contributed by atoms with E-state index < -0.39 is 10.0 Å². The number of nitrogens with one attached hydrogen (secondary N) is 1. The minimum absolute atomic E-state index is 0.00599. The summed E-state index contributed by atoms with van der Waals surface area (Å²) in [6, 6.07) is 5.43. The van der Waals surface area contributed by atoms with E-state index in [4.69, 9.17) is 4.74 Å². The lowest BCUT2D eigenvalue weighted by Gasteiger charge is -2.18. The Labute approximate surface area is 127 Å². The van der Waals surface area contributed by atoms with E-state index in [0.717, 1.165) is 18.4 Å². The average Bonchev–Trinajstić information content (AvgIpc) is 2.97. The predicted molar refractivity (Wildman–Crippen MR) is 82.8 cm³/mol. The fourth-order valence-corrected chi connectivity index (χ4v) is 4.26. The van der Waals surface area contributed by atoms with Crippen molar-refractivity contribution in [2.24, 2.45) is 0 Å². The van der Waals surface area contributed by atoms with E-state index >= 15 is 0 Å². The molecule has 1 heterocycles. The average molecular weight is 312 g/mol. The Balaban J connectivity index is 2.30. The van der Waals surface area contributed by atoms with Gasteiger partial charge in [-0.15, -0.1) is 0 Å². The molecule has 1 aliphatic rings. The normalized spacial score (nSPS) is 20.0. The van der Waals surface area contributed by atoms with Crippen LogP contribution >= 0.6 is 0 Å². The van der Waals surface area contributed by atoms with Gasteiger partial charge in [0, 0.05) is 26.7 Å². The molecule has 5 nitrogen and oxygen atoms in total. The molecule has 1 aromatic carbocycles. The Morgan fingerprint density at radius 3 is 2.71 bits per heavy atom. The fourth-order valence-electron chi connectivity index (χ4n) is 2.72. The molecule has 0 bridgehead atoms. The molecule has 1 unspecified atom stereocenters. The number of hydrogen-bond acceptors (Lipinski definition) is 4. The molecule has 21 heavy (non-hydrogen) atoms. The van der Waals surface area contributed by atoms with E-state index in [9.17, 15) is 8.42 Å². The Morgan fingerprint density at radius 1 is 1.38 bits per heavy atom. The molecule has 0 amide bonds. The molecular weight excluding hydrogens is 288 g/mol. The first-order valence-corrected chi connectivity index (χ1v) is 8.76. The standard InChI is InChI=1S/C15H24N2O3S/c1-4-12-5-6-15(9-13(12)10-16-2)21(18,19)17-8-7-14(11-17)20-3/h5-6,9,14,16H,4,7-8,10-11H2,1-3H3. The minimum Gasteiger partial charge on any atom is -0.380 e. The van der Waals surface area contributed by atoms with Crippen molar-refractivity contribution in [3.63, 3.8) is 0 Å². The molecule has 1 aliphatic heterocycles. The van der Waals surface area contributed by atoms with Crippen LogP contribution in [-0.4, -0.2) is 46.1 Å². The second kappa shape index (κ2) is 6.87. The second-order valence-corrected chi connectivity index (χ2v) is 7.26. The zero-order valence-electron chi connectivity index (χ0n) is 12.9. The molecular formula is C15H24N2O3S. The lowest BCUT2D eigenvalue weighted by atomic mass is 10.1. The lowest BCUT2D eigenvalue weighted by Crippen LogP contribution is -2.30. The Bertz CT molecular complexity index is 587. The van der Waals surface area contributed by atoms with Gasteiger partial charge < -0.3 is 10.1 Å². The zero-order valence-corrected chi connectivity index (χ0v) is 13.7. The number of sulfonamides is 1. The van der Waals surface area contributed by atoms with Crippen LogP contribution in [0.3, 0.4) is 0 Å². The maximum Gasteiger partial charge on any atom is 0.243 e. The molecule has 0 spiro atoms. The Hall–Kier alpha value is -0.950. The maximum absolute atomic E-state index is 12.7. The monoisotopic (exact) mass is 312 g/mol. The smallest absolute Gasteiger partial charge is 0.243 e. The topological polar surface area (TPSA) is 58.6 Å². The van der Waals surface area contributed by atoms with Gasteiger partial charge in [-0.05, 0) is 43.1 Å². The summed E-state index contributed by atoms with van der Waals surface area (Å²) in [5.41, 5.74) is 2.23. The molecule has 0 saturated carbocycles. The van der Waals surface area contributed by atoms with Crippen molar-refractivity contribution < 1.29 is 13.2 Å². The number of benzene rings is 1. The van der Waals surface area contributed by atoms with Gasteiger partial charge in [0.15, 0.2) is 0 Å². The van der Waals surface area contributed by atoms with Crippen LogP contribution in [0.25, 0.3) is 0 Å². The van der Waals surface area contributed by atoms with Gasteiger partial charge in [0.25, 0.3) is 0 Å². The highest BCUT2D eigenvalue weighted by molar-refractivity contribution is 7.89. The second-order valence-electron chi connectivity index (χ2n) is 5.32. The molecule has 1 fully saturated rings. The minimum atomic E-state index is -3.42. The van der Waals surface area contributed by atoms with Gasteiger partial charge in [0.05, 0.1) is 11.0 Å². The Morgan fingerprint density at radius 2 is 2.14 bits per heavy atom. The number of hydrogen-bond donors (Lipinski definition) is 1. The third kappa shape index (κ3) is 3.45. The van der Waals surface area contributed by atoms with E-state index in [1.165, 1.54) is 9.87 Å². The van der Waals surface area contributed by atoms with Gasteiger partial charge in [-0.3, -0.25) is 0 Å². The van der Waals surface area contributed by atoms with Crippen molar-refractivity contribution >= 4 is 10.0 Å². The third-order valence-electron chi connectivity index (χ3n) is 4.00. The molecule has 118 valence electrons. The number of methoxy groups -OCH3 is 1. The first-order valence-electron chi connectivity index (χ1n) is 7.32. The van der Waals surface area contributed by atoms with Crippen LogP contribution in [-0.2, 0) is 27.7 Å². The highest BCUT2D eigenvalue weighted by Crippen LogP contribution is 2.24. The van der Waals surface area contributed by atoms with Crippen molar-refractivity contribution in [2.45, 2.75) is 37.3 Å². The van der Waals surface area contributed by atoms with Gasteiger partial charge in [0.2, 0.25) is 10.0 Å². The van der Waals surface area contributed by atoms with E-state index in [-0.39, 0.29) is 6.10 Å². The van der Waals surface area contributed by atoms with Gasteiger partial charge >= 0.3 is 0 Å². The third-order valence-corrected chi connectivity index (χ3v) is 5.87. The molecule has 1 aromatic rings. The first-order chi connectivity index (χ1) is 10.0. The molecule has 0 radical (unpaired) electrons. The van der Waals surface area contributed by atoms with Gasteiger partial charge in [-0.25, -0.2) is 8.42 Å². The van der Waals surface area contributed by atoms with Crippen molar-refractivity contribution in [3.05, 3.63) is 29.3 Å². The van der Waals surface area contributed by atoms with E-state index in [2.05, 4.69) is 12.2 Å². The highest BCUT2D eigenvalue weighted by atomic mass is 32.2. The van der Waals surface area contributed by atoms with Crippen molar-refractivity contribution in [1.29, 1.82) is 0 Å².